The number of likely N-dealkylation sites (tertiary alicyclic amines) is 1. The maximum absolute atomic E-state index is 14.9. The van der Waals surface area contributed by atoms with Gasteiger partial charge < -0.3 is 9.88 Å². The van der Waals surface area contributed by atoms with Crippen molar-refractivity contribution in [3.63, 3.8) is 0 Å². The highest BCUT2D eigenvalue weighted by atomic mass is 19.1. The molecule has 0 amide bonds. The third kappa shape index (κ3) is 6.68. The Hall–Kier alpha value is -4.10. The summed E-state index contributed by atoms with van der Waals surface area (Å²) in [5.74, 6) is -0.218. The molecular formula is C35H41FN6. The Bertz CT molecular complexity index is 1660. The van der Waals surface area contributed by atoms with E-state index in [0.717, 1.165) is 93.2 Å². The highest BCUT2D eigenvalue weighted by Crippen LogP contribution is 2.34. The van der Waals surface area contributed by atoms with Crippen molar-refractivity contribution in [3.05, 3.63) is 95.2 Å². The molecule has 4 heterocycles. The van der Waals surface area contributed by atoms with Crippen molar-refractivity contribution in [3.8, 4) is 11.4 Å². The van der Waals surface area contributed by atoms with E-state index in [9.17, 15) is 4.39 Å². The Kier molecular flexibility index (Phi) is 9.28. The molecule has 6 nitrogen and oxygen atoms in total. The first-order chi connectivity index (χ1) is 20.4. The zero-order valence-electron chi connectivity index (χ0n) is 25.2. The second kappa shape index (κ2) is 13.3. The summed E-state index contributed by atoms with van der Waals surface area (Å²) in [6.45, 7) is 15.5. The van der Waals surface area contributed by atoms with E-state index in [1.807, 2.05) is 45.2 Å². The van der Waals surface area contributed by atoms with E-state index in [2.05, 4.69) is 50.7 Å². The highest BCUT2D eigenvalue weighted by Gasteiger charge is 2.18. The van der Waals surface area contributed by atoms with Crippen LogP contribution in [0.4, 0.5) is 4.39 Å². The van der Waals surface area contributed by atoms with Crippen LogP contribution in [0.1, 0.15) is 74.5 Å². The van der Waals surface area contributed by atoms with Crippen molar-refractivity contribution in [1.29, 1.82) is 0 Å². The summed E-state index contributed by atoms with van der Waals surface area (Å²) in [4.78, 5) is 15.5. The SMILES string of the molecule is C=C/C=C(/c1cc(F)cc(CCCN2CCCC2)c1)c1cc(-c2n[nH]c3ccc(/C(=C/N=C(C)C)CC)nc23)[nH]c1C. The second-order valence-corrected chi connectivity index (χ2v) is 11.3. The Balaban J connectivity index is 1.47. The van der Waals surface area contributed by atoms with Crippen LogP contribution < -0.4 is 0 Å². The standard InChI is InChI=1S/C35H41FN6/c1-6-11-29(27-18-25(19-28(36)20-27)12-10-17-42-15-8-9-16-42)30-21-33(38-24(30)5)35-34-32(40-41-35)14-13-31(39-34)26(7-2)22-37-23(3)4/h6,11,13-14,18-22,38H,1,7-10,12,15-17H2,2-5H3,(H,40,41)/b26-22+,29-11-. The van der Waals surface area contributed by atoms with Crippen LogP contribution in [0.25, 0.3) is 33.6 Å². The van der Waals surface area contributed by atoms with E-state index in [-0.39, 0.29) is 5.82 Å². The number of nitrogens with zero attached hydrogens (tertiary/aromatic N) is 4. The van der Waals surface area contributed by atoms with Crippen LogP contribution in [0.2, 0.25) is 0 Å². The molecule has 0 atom stereocenters. The van der Waals surface area contributed by atoms with Gasteiger partial charge in [0.15, 0.2) is 0 Å². The average molecular weight is 565 g/mol. The average Bonchev–Trinajstić information content (AvgIpc) is 3.72. The van der Waals surface area contributed by atoms with E-state index >= 15 is 0 Å². The molecule has 2 N–H and O–H groups in total. The minimum absolute atomic E-state index is 0.218. The first kappa shape index (κ1) is 29.4. The topological polar surface area (TPSA) is 73.0 Å². The van der Waals surface area contributed by atoms with Crippen molar-refractivity contribution in [1.82, 2.24) is 25.1 Å². The van der Waals surface area contributed by atoms with Crippen molar-refractivity contribution in [2.75, 3.05) is 19.6 Å². The van der Waals surface area contributed by atoms with Gasteiger partial charge in [-0.3, -0.25) is 10.1 Å². The number of fused-ring (bicyclic) bond motifs is 1. The van der Waals surface area contributed by atoms with E-state index in [1.54, 1.807) is 18.2 Å². The highest BCUT2D eigenvalue weighted by molar-refractivity contribution is 5.92. The van der Waals surface area contributed by atoms with Gasteiger partial charge in [-0.15, -0.1) is 0 Å². The van der Waals surface area contributed by atoms with Gasteiger partial charge in [-0.05, 0) is 125 Å². The monoisotopic (exact) mass is 564 g/mol. The number of aryl methyl sites for hydroxylation is 2. The number of rotatable bonds is 11. The minimum Gasteiger partial charge on any atom is -0.357 e. The lowest BCUT2D eigenvalue weighted by atomic mass is 9.94. The fourth-order valence-corrected chi connectivity index (χ4v) is 5.70. The first-order valence-electron chi connectivity index (χ1n) is 15.0. The molecule has 4 aromatic rings. The summed E-state index contributed by atoms with van der Waals surface area (Å²) in [5, 5.41) is 7.75. The number of allylic oxidation sites excluding steroid dienone is 3. The molecule has 3 aromatic heterocycles. The van der Waals surface area contributed by atoms with E-state index in [1.165, 1.54) is 25.9 Å². The number of hydrogen-bond acceptors (Lipinski definition) is 4. The predicted octanol–water partition coefficient (Wildman–Crippen LogP) is 8.28. The predicted molar refractivity (Wildman–Crippen MR) is 173 cm³/mol. The Morgan fingerprint density at radius 1 is 1.14 bits per heavy atom. The number of aromatic nitrogens is 4. The van der Waals surface area contributed by atoms with Gasteiger partial charge in [0, 0.05) is 23.2 Å². The molecule has 1 saturated heterocycles. The number of halogens is 1. The fraction of sp³-hybridized carbons (Fsp3) is 0.343. The summed E-state index contributed by atoms with van der Waals surface area (Å²) in [6.07, 6.45) is 10.9. The molecule has 7 heteroatoms. The van der Waals surface area contributed by atoms with Crippen LogP contribution in [0.3, 0.4) is 0 Å². The Morgan fingerprint density at radius 3 is 2.69 bits per heavy atom. The van der Waals surface area contributed by atoms with Gasteiger partial charge in [0.2, 0.25) is 0 Å². The van der Waals surface area contributed by atoms with Crippen LogP contribution in [0.5, 0.6) is 0 Å². The third-order valence-electron chi connectivity index (χ3n) is 7.85. The van der Waals surface area contributed by atoms with Crippen molar-refractivity contribution in [2.45, 2.75) is 59.8 Å². The molecule has 1 aromatic carbocycles. The smallest absolute Gasteiger partial charge is 0.135 e. The van der Waals surface area contributed by atoms with E-state index < -0.39 is 0 Å². The number of H-pyrrole nitrogens is 2. The van der Waals surface area contributed by atoms with Crippen LogP contribution in [-0.2, 0) is 6.42 Å². The van der Waals surface area contributed by atoms with Gasteiger partial charge in [0.25, 0.3) is 0 Å². The molecule has 1 aliphatic rings. The number of pyridine rings is 1. The molecule has 0 radical (unpaired) electrons. The lowest BCUT2D eigenvalue weighted by Gasteiger charge is -2.15. The molecule has 5 rings (SSSR count). The lowest BCUT2D eigenvalue weighted by molar-refractivity contribution is 0.334. The summed E-state index contributed by atoms with van der Waals surface area (Å²) >= 11 is 0. The molecule has 218 valence electrons. The molecule has 0 unspecified atom stereocenters. The van der Waals surface area contributed by atoms with Crippen LogP contribution in [0.15, 0.2) is 66.3 Å². The number of nitrogens with one attached hydrogen (secondary N) is 2. The molecule has 0 saturated carbocycles. The van der Waals surface area contributed by atoms with Crippen molar-refractivity contribution in [2.24, 2.45) is 4.99 Å². The van der Waals surface area contributed by atoms with Crippen LogP contribution in [-0.4, -0.2) is 50.4 Å². The quantitative estimate of drug-likeness (QED) is 0.142. The zero-order chi connectivity index (χ0) is 29.6. The molecule has 0 bridgehead atoms. The van der Waals surface area contributed by atoms with E-state index in [4.69, 9.17) is 4.98 Å². The largest absolute Gasteiger partial charge is 0.357 e. The van der Waals surface area contributed by atoms with Crippen molar-refractivity contribution >= 4 is 27.9 Å². The van der Waals surface area contributed by atoms with Crippen LogP contribution >= 0.6 is 0 Å². The molecule has 1 fully saturated rings. The van der Waals surface area contributed by atoms with Crippen LogP contribution in [0, 0.1) is 12.7 Å². The van der Waals surface area contributed by atoms with Gasteiger partial charge >= 0.3 is 0 Å². The number of benzene rings is 1. The summed E-state index contributed by atoms with van der Waals surface area (Å²) in [7, 11) is 0. The Morgan fingerprint density at radius 2 is 1.95 bits per heavy atom. The maximum Gasteiger partial charge on any atom is 0.135 e. The molecule has 0 spiro atoms. The van der Waals surface area contributed by atoms with Gasteiger partial charge in [-0.2, -0.15) is 5.10 Å². The molecule has 42 heavy (non-hydrogen) atoms. The summed E-state index contributed by atoms with van der Waals surface area (Å²) in [6, 6.07) is 11.5. The number of aromatic amines is 2. The fourth-order valence-electron chi connectivity index (χ4n) is 5.70. The minimum atomic E-state index is -0.218. The lowest BCUT2D eigenvalue weighted by Crippen LogP contribution is -2.20. The number of aliphatic imine (C=N–C) groups is 1. The van der Waals surface area contributed by atoms with Crippen molar-refractivity contribution < 1.29 is 4.39 Å². The summed E-state index contributed by atoms with van der Waals surface area (Å²) < 4.78 is 14.9. The first-order valence-corrected chi connectivity index (χ1v) is 15.0. The normalized spacial score (nSPS) is 14.6. The van der Waals surface area contributed by atoms with Gasteiger partial charge in [-0.25, -0.2) is 9.37 Å². The maximum atomic E-state index is 14.9. The van der Waals surface area contributed by atoms with Gasteiger partial charge in [-0.1, -0.05) is 31.7 Å². The second-order valence-electron chi connectivity index (χ2n) is 11.3. The molecular weight excluding hydrogens is 523 g/mol. The zero-order valence-corrected chi connectivity index (χ0v) is 25.2. The van der Waals surface area contributed by atoms with Gasteiger partial charge in [0.05, 0.1) is 16.9 Å². The molecule has 1 aliphatic heterocycles. The van der Waals surface area contributed by atoms with E-state index in [0.29, 0.717) is 0 Å². The summed E-state index contributed by atoms with van der Waals surface area (Å²) in [5.41, 5.74) is 10.9. The number of hydrogen-bond donors (Lipinski definition) is 2. The molecule has 0 aliphatic carbocycles. The Labute approximate surface area is 248 Å². The third-order valence-corrected chi connectivity index (χ3v) is 7.85. The van der Waals surface area contributed by atoms with Gasteiger partial charge in [0.1, 0.15) is 17.0 Å².